The number of rotatable bonds is 5. The Morgan fingerprint density at radius 2 is 1.82 bits per heavy atom. The van der Waals surface area contributed by atoms with Crippen molar-refractivity contribution in [1.82, 2.24) is 14.0 Å². The SMILES string of the molecule is CN1CCC(Nc2cccc3c2cc(C#CCn2c(=O)oc4cc(S(C)(=O)=O)ccc42)n3CC(F)(F)F)CC1. The van der Waals surface area contributed by atoms with Gasteiger partial charge in [0, 0.05) is 29.4 Å². The summed E-state index contributed by atoms with van der Waals surface area (Å²) in [6.07, 6.45) is -1.55. The molecule has 39 heavy (non-hydrogen) atoms. The Hall–Kier alpha value is -3.69. The topological polar surface area (TPSA) is 89.5 Å². The van der Waals surface area contributed by atoms with Crippen molar-refractivity contribution < 1.29 is 26.0 Å². The molecule has 8 nitrogen and oxygen atoms in total. The number of hydrogen-bond donors (Lipinski definition) is 1. The first-order valence-electron chi connectivity index (χ1n) is 12.4. The molecule has 4 aromatic rings. The third-order valence-corrected chi connectivity index (χ3v) is 7.99. The number of fused-ring (bicyclic) bond motifs is 2. The van der Waals surface area contributed by atoms with Gasteiger partial charge in [0.15, 0.2) is 15.4 Å². The summed E-state index contributed by atoms with van der Waals surface area (Å²) in [4.78, 5) is 14.6. The monoisotopic (exact) mass is 560 g/mol. The molecule has 12 heteroatoms. The van der Waals surface area contributed by atoms with Crippen LogP contribution in [0.3, 0.4) is 0 Å². The Morgan fingerprint density at radius 3 is 2.51 bits per heavy atom. The number of oxazole rings is 1. The smallest absolute Gasteiger partial charge is 0.408 e. The minimum absolute atomic E-state index is 0.00307. The van der Waals surface area contributed by atoms with Gasteiger partial charge in [-0.2, -0.15) is 13.2 Å². The van der Waals surface area contributed by atoms with Gasteiger partial charge in [-0.15, -0.1) is 0 Å². The zero-order valence-electron chi connectivity index (χ0n) is 21.4. The fraction of sp³-hybridized carbons (Fsp3) is 0.370. The van der Waals surface area contributed by atoms with Gasteiger partial charge in [-0.1, -0.05) is 12.0 Å². The van der Waals surface area contributed by atoms with Crippen molar-refractivity contribution in [2.45, 2.75) is 43.0 Å². The first-order chi connectivity index (χ1) is 18.4. The molecule has 3 heterocycles. The Bertz CT molecular complexity index is 1770. The Kier molecular flexibility index (Phi) is 6.99. The largest absolute Gasteiger partial charge is 0.420 e. The van der Waals surface area contributed by atoms with Crippen molar-refractivity contribution in [3.05, 3.63) is 58.7 Å². The highest BCUT2D eigenvalue weighted by Gasteiger charge is 2.30. The average molecular weight is 561 g/mol. The van der Waals surface area contributed by atoms with E-state index in [1.165, 1.54) is 22.8 Å². The van der Waals surface area contributed by atoms with Crippen LogP contribution in [0.5, 0.6) is 0 Å². The van der Waals surface area contributed by atoms with Crippen molar-refractivity contribution in [2.75, 3.05) is 31.7 Å². The molecule has 1 saturated heterocycles. The molecule has 0 saturated carbocycles. The predicted octanol–water partition coefficient (Wildman–Crippen LogP) is 4.07. The van der Waals surface area contributed by atoms with E-state index in [0.29, 0.717) is 16.4 Å². The second-order valence-corrected chi connectivity index (χ2v) is 11.9. The van der Waals surface area contributed by atoms with E-state index in [-0.39, 0.29) is 28.8 Å². The lowest BCUT2D eigenvalue weighted by molar-refractivity contribution is -0.140. The van der Waals surface area contributed by atoms with E-state index in [4.69, 9.17) is 4.42 Å². The van der Waals surface area contributed by atoms with Crippen LogP contribution in [0.15, 0.2) is 56.6 Å². The molecular weight excluding hydrogens is 533 g/mol. The molecule has 0 spiro atoms. The van der Waals surface area contributed by atoms with Crippen LogP contribution in [0.4, 0.5) is 18.9 Å². The van der Waals surface area contributed by atoms with Gasteiger partial charge in [-0.25, -0.2) is 13.2 Å². The number of piperidine rings is 1. The number of aromatic nitrogens is 2. The summed E-state index contributed by atoms with van der Waals surface area (Å²) in [5.41, 5.74) is 1.75. The minimum Gasteiger partial charge on any atom is -0.408 e. The quantitative estimate of drug-likeness (QED) is 0.370. The van der Waals surface area contributed by atoms with Gasteiger partial charge in [-0.3, -0.25) is 4.57 Å². The van der Waals surface area contributed by atoms with Crippen LogP contribution in [0.25, 0.3) is 22.0 Å². The van der Waals surface area contributed by atoms with Crippen LogP contribution in [-0.4, -0.2) is 61.1 Å². The van der Waals surface area contributed by atoms with Gasteiger partial charge in [0.25, 0.3) is 0 Å². The van der Waals surface area contributed by atoms with Gasteiger partial charge < -0.3 is 19.2 Å². The maximum atomic E-state index is 13.5. The van der Waals surface area contributed by atoms with Crippen LogP contribution in [-0.2, 0) is 22.9 Å². The number of halogens is 3. The maximum absolute atomic E-state index is 13.5. The molecule has 2 aromatic heterocycles. The van der Waals surface area contributed by atoms with E-state index >= 15 is 0 Å². The van der Waals surface area contributed by atoms with E-state index < -0.39 is 28.3 Å². The van der Waals surface area contributed by atoms with E-state index in [2.05, 4.69) is 29.1 Å². The lowest BCUT2D eigenvalue weighted by Crippen LogP contribution is -2.36. The number of nitrogens with zero attached hydrogens (tertiary/aromatic N) is 3. The Morgan fingerprint density at radius 1 is 1.08 bits per heavy atom. The maximum Gasteiger partial charge on any atom is 0.420 e. The molecule has 206 valence electrons. The molecular formula is C27H27F3N4O4S. The summed E-state index contributed by atoms with van der Waals surface area (Å²) in [5, 5.41) is 4.14. The summed E-state index contributed by atoms with van der Waals surface area (Å²) in [6.45, 7) is 0.521. The van der Waals surface area contributed by atoms with Crippen LogP contribution in [0.1, 0.15) is 18.5 Å². The summed E-state index contributed by atoms with van der Waals surface area (Å²) in [6, 6.07) is 11.1. The molecule has 1 aliphatic rings. The summed E-state index contributed by atoms with van der Waals surface area (Å²) in [5.74, 6) is 4.86. The molecule has 1 fully saturated rings. The van der Waals surface area contributed by atoms with Gasteiger partial charge in [0.1, 0.15) is 6.54 Å². The molecule has 2 aromatic carbocycles. The molecule has 0 atom stereocenters. The number of anilines is 1. The van der Waals surface area contributed by atoms with Crippen LogP contribution in [0, 0.1) is 11.8 Å². The lowest BCUT2D eigenvalue weighted by Gasteiger charge is -2.30. The minimum atomic E-state index is -4.46. The highest BCUT2D eigenvalue weighted by Crippen LogP contribution is 2.31. The fourth-order valence-corrected chi connectivity index (χ4v) is 5.51. The molecule has 0 amide bonds. The van der Waals surface area contributed by atoms with Crippen LogP contribution >= 0.6 is 0 Å². The van der Waals surface area contributed by atoms with Crippen LogP contribution in [0.2, 0.25) is 0 Å². The third kappa shape index (κ3) is 5.84. The fourth-order valence-electron chi connectivity index (χ4n) is 4.87. The molecule has 1 N–H and O–H groups in total. The highest BCUT2D eigenvalue weighted by molar-refractivity contribution is 7.90. The summed E-state index contributed by atoms with van der Waals surface area (Å²) >= 11 is 0. The Labute approximate surface area is 222 Å². The molecule has 5 rings (SSSR count). The Balaban J connectivity index is 1.49. The van der Waals surface area contributed by atoms with Crippen molar-refractivity contribution in [3.63, 3.8) is 0 Å². The number of alkyl halides is 3. The predicted molar refractivity (Wildman–Crippen MR) is 143 cm³/mol. The first-order valence-corrected chi connectivity index (χ1v) is 14.2. The summed E-state index contributed by atoms with van der Waals surface area (Å²) < 4.78 is 71.8. The average Bonchev–Trinajstić information content (AvgIpc) is 3.36. The van der Waals surface area contributed by atoms with Crippen LogP contribution < -0.4 is 11.1 Å². The van der Waals surface area contributed by atoms with Crippen molar-refractivity contribution in [1.29, 1.82) is 0 Å². The van der Waals surface area contributed by atoms with E-state index in [0.717, 1.165) is 42.4 Å². The molecule has 1 aliphatic heterocycles. The van der Waals surface area contributed by atoms with Crippen molar-refractivity contribution in [2.24, 2.45) is 0 Å². The molecule has 0 bridgehead atoms. The highest BCUT2D eigenvalue weighted by atomic mass is 32.2. The summed E-state index contributed by atoms with van der Waals surface area (Å²) in [7, 11) is -1.44. The standard InChI is InChI=1S/C27H27F3N4O4S/c1-32-13-10-18(11-14-32)31-22-6-3-7-23-21(22)15-19(34(23)17-27(28,29)30)5-4-12-33-24-9-8-20(39(2,36)37)16-25(24)38-26(33)35/h3,6-9,15-16,18,31H,10-14,17H2,1-2H3. The number of hydrogen-bond acceptors (Lipinski definition) is 6. The molecule has 0 radical (unpaired) electrons. The van der Waals surface area contributed by atoms with Gasteiger partial charge in [-0.05, 0) is 69.2 Å². The van der Waals surface area contributed by atoms with E-state index in [9.17, 15) is 26.4 Å². The second-order valence-electron chi connectivity index (χ2n) is 9.85. The van der Waals surface area contributed by atoms with Gasteiger partial charge in [0.05, 0.1) is 28.2 Å². The number of nitrogens with one attached hydrogen (secondary N) is 1. The number of benzene rings is 2. The lowest BCUT2D eigenvalue weighted by atomic mass is 10.0. The normalized spacial score (nSPS) is 15.5. The number of likely N-dealkylation sites (tertiary alicyclic amines) is 1. The molecule has 0 unspecified atom stereocenters. The first kappa shape index (κ1) is 26.9. The van der Waals surface area contributed by atoms with E-state index in [1.54, 1.807) is 18.2 Å². The zero-order chi connectivity index (χ0) is 27.9. The molecule has 0 aliphatic carbocycles. The number of sulfone groups is 1. The van der Waals surface area contributed by atoms with Crippen molar-refractivity contribution >= 4 is 37.5 Å². The third-order valence-electron chi connectivity index (χ3n) is 6.88. The van der Waals surface area contributed by atoms with Crippen molar-refractivity contribution in [3.8, 4) is 11.8 Å². The zero-order valence-corrected chi connectivity index (χ0v) is 22.2. The van der Waals surface area contributed by atoms with E-state index in [1.807, 2.05) is 6.07 Å². The van der Waals surface area contributed by atoms with Gasteiger partial charge in [0.2, 0.25) is 0 Å². The second kappa shape index (κ2) is 10.1. The van der Waals surface area contributed by atoms with Gasteiger partial charge >= 0.3 is 11.9 Å².